The van der Waals surface area contributed by atoms with Crippen molar-refractivity contribution in [1.29, 1.82) is 0 Å². The predicted molar refractivity (Wildman–Crippen MR) is 336 cm³/mol. The number of allylic oxidation sites excluding steroid dienone is 2. The first-order valence-corrected chi connectivity index (χ1v) is 31.2. The van der Waals surface area contributed by atoms with Crippen molar-refractivity contribution in [2.45, 2.75) is 242 Å². The molecule has 0 aromatic rings. The Morgan fingerprint density at radius 1 is 0.472 bits per heavy atom. The number of nitrogens with one attached hydrogen (secondary N) is 5. The minimum atomic E-state index is -1.81. The first kappa shape index (κ1) is 80.3. The Morgan fingerprint density at radius 2 is 0.876 bits per heavy atom. The highest BCUT2D eigenvalue weighted by atomic mass is 16.5. The van der Waals surface area contributed by atoms with Gasteiger partial charge in [-0.1, -0.05) is 88.3 Å². The van der Waals surface area contributed by atoms with Crippen LogP contribution in [0.1, 0.15) is 157 Å². The van der Waals surface area contributed by atoms with Gasteiger partial charge in [0.2, 0.25) is 65.0 Å². The van der Waals surface area contributed by atoms with Gasteiger partial charge in [-0.25, -0.2) is 0 Å². The molecule has 1 saturated heterocycles. The molecular formula is C63H111N11O15. The second-order valence-electron chi connectivity index (χ2n) is 26.4. The van der Waals surface area contributed by atoms with Crippen LogP contribution in [0.3, 0.4) is 0 Å². The fraction of sp³-hybridized carbons (Fsp3) is 0.778. The van der Waals surface area contributed by atoms with E-state index in [1.165, 1.54) is 81.8 Å². The third-order valence-electron chi connectivity index (χ3n) is 16.2. The van der Waals surface area contributed by atoms with Crippen LogP contribution in [0.5, 0.6) is 0 Å². The van der Waals surface area contributed by atoms with Gasteiger partial charge in [-0.05, 0) is 109 Å². The van der Waals surface area contributed by atoms with Crippen LogP contribution in [0.15, 0.2) is 12.2 Å². The second kappa shape index (κ2) is 36.2. The van der Waals surface area contributed by atoms with Crippen LogP contribution in [0.2, 0.25) is 0 Å². The summed E-state index contributed by atoms with van der Waals surface area (Å²) in [7, 11) is 7.80. The average molecular weight is 1260 g/mol. The molecule has 0 aromatic heterocycles. The molecule has 7 N–H and O–H groups in total. The molecule has 1 rings (SSSR count). The van der Waals surface area contributed by atoms with Gasteiger partial charge < -0.3 is 70.9 Å². The molecule has 89 heavy (non-hydrogen) atoms. The molecule has 0 radical (unpaired) electrons. The molecule has 508 valence electrons. The van der Waals surface area contributed by atoms with Gasteiger partial charge >= 0.3 is 5.97 Å². The summed E-state index contributed by atoms with van der Waals surface area (Å²) in [5.74, 6) is -12.2. The lowest BCUT2D eigenvalue weighted by Crippen LogP contribution is -2.65. The van der Waals surface area contributed by atoms with Crippen LogP contribution in [-0.4, -0.2) is 238 Å². The lowest BCUT2D eigenvalue weighted by atomic mass is 9.91. The van der Waals surface area contributed by atoms with E-state index >= 15 is 9.59 Å². The van der Waals surface area contributed by atoms with Gasteiger partial charge in [-0.2, -0.15) is 0 Å². The predicted octanol–water partition coefficient (Wildman–Crippen LogP) is 1.58. The molecule has 1 aliphatic heterocycles. The average Bonchev–Trinajstić information content (AvgIpc) is 1.23. The summed E-state index contributed by atoms with van der Waals surface area (Å²) in [4.78, 5) is 180. The highest BCUT2D eigenvalue weighted by Crippen LogP contribution is 2.24. The monoisotopic (exact) mass is 1260 g/mol. The topological polar surface area (TPSA) is 334 Å². The van der Waals surface area contributed by atoms with Crippen LogP contribution in [0, 0.1) is 35.5 Å². The summed E-state index contributed by atoms with van der Waals surface area (Å²) < 4.78 is 5.47. The number of hydrogen-bond acceptors (Lipinski definition) is 15. The maximum atomic E-state index is 15.2. The first-order chi connectivity index (χ1) is 41.0. The Balaban J connectivity index is 4.47. The number of nitrogens with zero attached hydrogens (tertiary/aromatic N) is 6. The van der Waals surface area contributed by atoms with E-state index < -0.39 is 168 Å². The molecule has 15 atom stereocenters. The van der Waals surface area contributed by atoms with Gasteiger partial charge in [0.1, 0.15) is 72.6 Å². The van der Waals surface area contributed by atoms with Crippen molar-refractivity contribution in [3.8, 4) is 0 Å². The number of aliphatic hydroxyl groups excluding tert-OH is 2. The number of amides is 11. The Morgan fingerprint density at radius 3 is 1.31 bits per heavy atom. The van der Waals surface area contributed by atoms with Crippen molar-refractivity contribution < 1.29 is 72.5 Å². The zero-order valence-electron chi connectivity index (χ0n) is 57.6. The first-order valence-electron chi connectivity index (χ1n) is 31.2. The summed E-state index contributed by atoms with van der Waals surface area (Å²) in [6, 6.07) is -15.7. The van der Waals surface area contributed by atoms with E-state index in [1.807, 2.05) is 41.5 Å². The molecular weight excluding hydrogens is 1150 g/mol. The molecule has 1 fully saturated rings. The minimum Gasteiger partial charge on any atom is -0.460 e. The SMILES string of the molecule is CC=CC[C@@H](C)[C@@H](O)[C@H]1C(=O)N[C@@H]([C@@H](C)OC(C)=O)C(=O)N(C)[C@H](C)C(=O)N(C)[C@@H](C(C)O)C(=O)N[C@@H](CC(C)C)C(=O)N(C)[C@@H](CC(C)C)C(=O)N[C@@H](C)C(=O)N[C@H](C)C(=O)N(C)[C@@H](CC(C)C)C(=O)N[C@@H](CC(C)C)C(=O)N(C)[C@@H](C(C)C)C(=O)N1C. The number of carbonyl (C=O) groups is 12. The number of ether oxygens (including phenoxy) is 1. The highest BCUT2D eigenvalue weighted by Gasteiger charge is 2.46. The van der Waals surface area contributed by atoms with E-state index in [0.717, 1.165) is 31.4 Å². The molecule has 0 spiro atoms. The fourth-order valence-electron chi connectivity index (χ4n) is 11.0. The summed E-state index contributed by atoms with van der Waals surface area (Å²) in [6.07, 6.45) is -0.716. The van der Waals surface area contributed by atoms with Crippen LogP contribution in [0.25, 0.3) is 0 Å². The maximum absolute atomic E-state index is 15.2. The molecule has 0 aliphatic carbocycles. The van der Waals surface area contributed by atoms with Crippen molar-refractivity contribution in [3.05, 3.63) is 12.2 Å². The molecule has 1 unspecified atom stereocenters. The van der Waals surface area contributed by atoms with Gasteiger partial charge in [-0.15, -0.1) is 0 Å². The quantitative estimate of drug-likeness (QED) is 0.0853. The smallest absolute Gasteiger partial charge is 0.302 e. The summed E-state index contributed by atoms with van der Waals surface area (Å²) in [6.45, 7) is 29.0. The van der Waals surface area contributed by atoms with Crippen LogP contribution in [0.4, 0.5) is 0 Å². The van der Waals surface area contributed by atoms with Crippen LogP contribution < -0.4 is 26.6 Å². The van der Waals surface area contributed by atoms with Crippen molar-refractivity contribution in [2.24, 2.45) is 35.5 Å². The highest BCUT2D eigenvalue weighted by molar-refractivity contribution is 6.00. The number of aliphatic hydroxyl groups is 2. The van der Waals surface area contributed by atoms with E-state index in [-0.39, 0.29) is 55.8 Å². The Labute approximate surface area is 529 Å². The van der Waals surface area contributed by atoms with E-state index in [9.17, 15) is 58.2 Å². The molecule has 26 nitrogen and oxygen atoms in total. The van der Waals surface area contributed by atoms with Crippen LogP contribution in [-0.2, 0) is 62.3 Å². The normalized spacial score (nSPS) is 27.5. The lowest BCUT2D eigenvalue weighted by Gasteiger charge is -2.40. The molecule has 11 amide bonds. The fourth-order valence-corrected chi connectivity index (χ4v) is 11.0. The van der Waals surface area contributed by atoms with Gasteiger partial charge in [0.05, 0.1) is 12.2 Å². The largest absolute Gasteiger partial charge is 0.460 e. The third kappa shape index (κ3) is 22.9. The summed E-state index contributed by atoms with van der Waals surface area (Å²) in [5, 5.41) is 36.8. The maximum Gasteiger partial charge on any atom is 0.302 e. The van der Waals surface area contributed by atoms with Crippen molar-refractivity contribution in [1.82, 2.24) is 56.0 Å². The van der Waals surface area contributed by atoms with Crippen molar-refractivity contribution >= 4 is 70.9 Å². The molecule has 1 heterocycles. The van der Waals surface area contributed by atoms with Crippen LogP contribution >= 0.6 is 0 Å². The Hall–Kier alpha value is -6.70. The van der Waals surface area contributed by atoms with Gasteiger partial charge in [0.15, 0.2) is 0 Å². The summed E-state index contributed by atoms with van der Waals surface area (Å²) in [5.41, 5.74) is 0. The molecule has 26 heteroatoms. The molecule has 0 aromatic carbocycles. The Bertz CT molecular complexity index is 2490. The number of carbonyl (C=O) groups excluding carboxylic acids is 12. The van der Waals surface area contributed by atoms with E-state index in [1.54, 1.807) is 53.7 Å². The second-order valence-corrected chi connectivity index (χ2v) is 26.4. The van der Waals surface area contributed by atoms with E-state index in [2.05, 4.69) is 26.6 Å². The lowest BCUT2D eigenvalue weighted by molar-refractivity contribution is -0.158. The zero-order chi connectivity index (χ0) is 69.1. The number of hydrogen-bond donors (Lipinski definition) is 7. The number of likely N-dealkylation sites (N-methyl/N-ethyl adjacent to an activating group) is 6. The standard InChI is InChI=1S/C63H111N11O15/c1-25-26-27-37(12)52(77)51-57(82)68-48(42(17)89-43(18)76)62(87)69(19)40(15)59(84)73(23)50(41(16)75)56(81)67-44(28-32(2)3)60(85)71(21)46(30-34(6)7)54(79)64-38(13)53(78)65-39(14)58(83)70(20)47(31-35(8)9)55(80)66-45(29-33(4)5)61(86)72(22)49(36(10)11)63(88)74(51)24/h25-26,32-42,44-52,75,77H,27-31H2,1-24H3,(H,64,79)(H,65,78)(H,66,80)(H,67,81)(H,68,82)/t37-,38+,39-,40-,41?,42-,44+,45+,46+,47+,48+,49+,50+,51+,52-/m1/s1. The third-order valence-corrected chi connectivity index (χ3v) is 16.2. The van der Waals surface area contributed by atoms with E-state index in [4.69, 9.17) is 4.74 Å². The van der Waals surface area contributed by atoms with Gasteiger partial charge in [-0.3, -0.25) is 57.5 Å². The van der Waals surface area contributed by atoms with Gasteiger partial charge in [0.25, 0.3) is 0 Å². The molecule has 0 bridgehead atoms. The number of rotatable bonds is 16. The van der Waals surface area contributed by atoms with Crippen molar-refractivity contribution in [2.75, 3.05) is 42.3 Å². The minimum absolute atomic E-state index is 0.0256. The molecule has 0 saturated carbocycles. The summed E-state index contributed by atoms with van der Waals surface area (Å²) >= 11 is 0. The van der Waals surface area contributed by atoms with E-state index in [0.29, 0.717) is 0 Å². The Kier molecular flexibility index (Phi) is 32.7. The zero-order valence-corrected chi connectivity index (χ0v) is 57.6. The van der Waals surface area contributed by atoms with Crippen molar-refractivity contribution in [3.63, 3.8) is 0 Å². The number of esters is 1. The van der Waals surface area contributed by atoms with Gasteiger partial charge in [0, 0.05) is 49.2 Å². The molecule has 1 aliphatic rings.